The average molecular weight is 273 g/mol. The Morgan fingerprint density at radius 2 is 2.15 bits per heavy atom. The van der Waals surface area contributed by atoms with Crippen LogP contribution in [0.15, 0.2) is 16.8 Å². The fraction of sp³-hybridized carbons (Fsp3) is 0.462. The van der Waals surface area contributed by atoms with Crippen molar-refractivity contribution in [3.8, 4) is 11.5 Å². The second kappa shape index (κ2) is 5.36. The standard InChI is InChI=1S/C13H15N5O2/c1-9-14-5-11(6-15-9)13-17-16-12(20-13)10-3-2-4-18(7-10)8-19/h5-6,8,10H,2-4,7H2,1H3/t10-/m1/s1. The first-order chi connectivity index (χ1) is 9.76. The van der Waals surface area contributed by atoms with E-state index in [0.717, 1.165) is 25.8 Å². The van der Waals surface area contributed by atoms with Gasteiger partial charge in [0, 0.05) is 25.5 Å². The van der Waals surface area contributed by atoms with E-state index in [-0.39, 0.29) is 5.92 Å². The summed E-state index contributed by atoms with van der Waals surface area (Å²) in [6.45, 7) is 3.25. The normalized spacial score (nSPS) is 19.1. The Hall–Kier alpha value is -2.31. The molecule has 1 atom stereocenters. The molecule has 0 aromatic carbocycles. The van der Waals surface area contributed by atoms with Crippen LogP contribution in [0.5, 0.6) is 0 Å². The number of rotatable bonds is 3. The van der Waals surface area contributed by atoms with Crippen LogP contribution < -0.4 is 0 Å². The Bertz CT molecular complexity index is 595. The van der Waals surface area contributed by atoms with Crippen molar-refractivity contribution in [1.29, 1.82) is 0 Å². The van der Waals surface area contributed by atoms with Gasteiger partial charge in [0.2, 0.25) is 12.3 Å². The molecule has 0 radical (unpaired) electrons. The summed E-state index contributed by atoms with van der Waals surface area (Å²) in [4.78, 5) is 20.8. The van der Waals surface area contributed by atoms with Crippen LogP contribution in [0, 0.1) is 6.92 Å². The maximum Gasteiger partial charge on any atom is 0.250 e. The van der Waals surface area contributed by atoms with Crippen molar-refractivity contribution in [3.63, 3.8) is 0 Å². The maximum absolute atomic E-state index is 10.8. The van der Waals surface area contributed by atoms with E-state index in [0.29, 0.717) is 29.7 Å². The number of likely N-dealkylation sites (tertiary alicyclic amines) is 1. The Kier molecular flexibility index (Phi) is 3.41. The second-order valence-electron chi connectivity index (χ2n) is 4.90. The Morgan fingerprint density at radius 1 is 1.35 bits per heavy atom. The SMILES string of the molecule is Cc1ncc(-c2nnc([C@@H]3CCCN(C=O)C3)o2)cn1. The summed E-state index contributed by atoms with van der Waals surface area (Å²) in [5, 5.41) is 8.13. The van der Waals surface area contributed by atoms with Gasteiger partial charge in [-0.3, -0.25) is 4.79 Å². The quantitative estimate of drug-likeness (QED) is 0.780. The summed E-state index contributed by atoms with van der Waals surface area (Å²) < 4.78 is 5.70. The fourth-order valence-electron chi connectivity index (χ4n) is 2.32. The van der Waals surface area contributed by atoms with Crippen LogP contribution in [-0.2, 0) is 4.79 Å². The molecule has 3 rings (SSSR count). The van der Waals surface area contributed by atoms with Crippen LogP contribution in [-0.4, -0.2) is 44.6 Å². The van der Waals surface area contributed by atoms with E-state index in [2.05, 4.69) is 20.2 Å². The predicted molar refractivity (Wildman–Crippen MR) is 69.7 cm³/mol. The summed E-state index contributed by atoms with van der Waals surface area (Å²) in [6.07, 6.45) is 6.11. The number of piperidine rings is 1. The lowest BCUT2D eigenvalue weighted by Gasteiger charge is -2.27. The van der Waals surface area contributed by atoms with E-state index in [1.807, 2.05) is 6.92 Å². The fourth-order valence-corrected chi connectivity index (χ4v) is 2.32. The van der Waals surface area contributed by atoms with Crippen molar-refractivity contribution >= 4 is 6.41 Å². The third-order valence-corrected chi connectivity index (χ3v) is 3.42. The molecule has 2 aromatic heterocycles. The molecule has 20 heavy (non-hydrogen) atoms. The van der Waals surface area contributed by atoms with Crippen LogP contribution in [0.2, 0.25) is 0 Å². The zero-order valence-corrected chi connectivity index (χ0v) is 11.2. The molecule has 2 aromatic rings. The zero-order chi connectivity index (χ0) is 13.9. The summed E-state index contributed by atoms with van der Waals surface area (Å²) in [6, 6.07) is 0. The van der Waals surface area contributed by atoms with Crippen LogP contribution in [0.1, 0.15) is 30.5 Å². The Labute approximate surface area is 116 Å². The molecule has 0 saturated carbocycles. The van der Waals surface area contributed by atoms with E-state index in [9.17, 15) is 4.79 Å². The summed E-state index contributed by atoms with van der Waals surface area (Å²) in [7, 11) is 0. The lowest BCUT2D eigenvalue weighted by molar-refractivity contribution is -0.119. The van der Waals surface area contributed by atoms with Crippen molar-refractivity contribution in [2.24, 2.45) is 0 Å². The minimum atomic E-state index is 0.113. The van der Waals surface area contributed by atoms with Gasteiger partial charge < -0.3 is 9.32 Å². The molecule has 1 saturated heterocycles. The van der Waals surface area contributed by atoms with Crippen molar-refractivity contribution in [1.82, 2.24) is 25.1 Å². The molecule has 1 aliphatic heterocycles. The lowest BCUT2D eigenvalue weighted by Crippen LogP contribution is -2.33. The van der Waals surface area contributed by atoms with Gasteiger partial charge in [0.15, 0.2) is 0 Å². The van der Waals surface area contributed by atoms with Gasteiger partial charge in [0.1, 0.15) is 5.82 Å². The molecule has 0 spiro atoms. The van der Waals surface area contributed by atoms with Crippen LogP contribution >= 0.6 is 0 Å². The summed E-state index contributed by atoms with van der Waals surface area (Å²) in [5.41, 5.74) is 0.706. The van der Waals surface area contributed by atoms with Gasteiger partial charge in [-0.05, 0) is 19.8 Å². The van der Waals surface area contributed by atoms with Crippen molar-refractivity contribution < 1.29 is 9.21 Å². The second-order valence-corrected chi connectivity index (χ2v) is 4.90. The summed E-state index contributed by atoms with van der Waals surface area (Å²) >= 11 is 0. The topological polar surface area (TPSA) is 85.0 Å². The molecule has 7 heteroatoms. The largest absolute Gasteiger partial charge is 0.420 e. The molecule has 3 heterocycles. The minimum absolute atomic E-state index is 0.113. The van der Waals surface area contributed by atoms with E-state index in [1.165, 1.54) is 0 Å². The number of carbonyl (C=O) groups is 1. The van der Waals surface area contributed by atoms with Gasteiger partial charge in [-0.15, -0.1) is 10.2 Å². The van der Waals surface area contributed by atoms with E-state index >= 15 is 0 Å². The number of carbonyl (C=O) groups excluding carboxylic acids is 1. The first-order valence-corrected chi connectivity index (χ1v) is 6.58. The summed E-state index contributed by atoms with van der Waals surface area (Å²) in [5.74, 6) is 1.80. The number of hydrogen-bond donors (Lipinski definition) is 0. The molecular weight excluding hydrogens is 258 g/mol. The molecule has 1 fully saturated rings. The minimum Gasteiger partial charge on any atom is -0.420 e. The zero-order valence-electron chi connectivity index (χ0n) is 11.2. The van der Waals surface area contributed by atoms with Gasteiger partial charge in [0.25, 0.3) is 5.89 Å². The number of amides is 1. The predicted octanol–water partition coefficient (Wildman–Crippen LogP) is 1.17. The number of nitrogens with zero attached hydrogens (tertiary/aromatic N) is 5. The van der Waals surface area contributed by atoms with Gasteiger partial charge in [-0.2, -0.15) is 0 Å². The van der Waals surface area contributed by atoms with Gasteiger partial charge in [-0.1, -0.05) is 0 Å². The Morgan fingerprint density at radius 3 is 2.90 bits per heavy atom. The smallest absolute Gasteiger partial charge is 0.250 e. The maximum atomic E-state index is 10.8. The first kappa shape index (κ1) is 12.7. The van der Waals surface area contributed by atoms with Crippen molar-refractivity contribution in [3.05, 3.63) is 24.1 Å². The monoisotopic (exact) mass is 273 g/mol. The van der Waals surface area contributed by atoms with Gasteiger partial charge in [0.05, 0.1) is 11.5 Å². The van der Waals surface area contributed by atoms with Crippen LogP contribution in [0.4, 0.5) is 0 Å². The third-order valence-electron chi connectivity index (χ3n) is 3.42. The number of aryl methyl sites for hydroxylation is 1. The van der Waals surface area contributed by atoms with Crippen molar-refractivity contribution in [2.45, 2.75) is 25.7 Å². The molecule has 1 aliphatic rings. The third kappa shape index (κ3) is 2.52. The molecule has 0 unspecified atom stereocenters. The molecule has 104 valence electrons. The van der Waals surface area contributed by atoms with Crippen LogP contribution in [0.3, 0.4) is 0 Å². The molecule has 7 nitrogen and oxygen atoms in total. The molecular formula is C13H15N5O2. The van der Waals surface area contributed by atoms with E-state index in [4.69, 9.17) is 4.42 Å². The molecule has 1 amide bonds. The van der Waals surface area contributed by atoms with Gasteiger partial charge in [-0.25, -0.2) is 9.97 Å². The number of aromatic nitrogens is 4. The molecule has 0 bridgehead atoms. The van der Waals surface area contributed by atoms with Crippen LogP contribution in [0.25, 0.3) is 11.5 Å². The van der Waals surface area contributed by atoms with E-state index < -0.39 is 0 Å². The highest BCUT2D eigenvalue weighted by atomic mass is 16.4. The van der Waals surface area contributed by atoms with E-state index in [1.54, 1.807) is 17.3 Å². The highest BCUT2D eigenvalue weighted by Crippen LogP contribution is 2.27. The average Bonchev–Trinajstić information content (AvgIpc) is 2.98. The molecule has 0 N–H and O–H groups in total. The first-order valence-electron chi connectivity index (χ1n) is 6.58. The highest BCUT2D eigenvalue weighted by Gasteiger charge is 2.25. The lowest BCUT2D eigenvalue weighted by atomic mass is 9.99. The van der Waals surface area contributed by atoms with Crippen molar-refractivity contribution in [2.75, 3.05) is 13.1 Å². The molecule has 0 aliphatic carbocycles. The highest BCUT2D eigenvalue weighted by molar-refractivity contribution is 5.49. The number of hydrogen-bond acceptors (Lipinski definition) is 6. The van der Waals surface area contributed by atoms with Gasteiger partial charge >= 0.3 is 0 Å². The Balaban J connectivity index is 1.79.